The minimum absolute atomic E-state index is 0.0172. The molecule has 6 rings (SSSR count). The maximum atomic E-state index is 13.9. The van der Waals surface area contributed by atoms with Crippen LogP contribution in [-0.4, -0.2) is 112 Å². The molecular formula is C44H60N6O9S. The number of aliphatic hydroxyl groups excluding tert-OH is 1. The quantitative estimate of drug-likeness (QED) is 0.0987. The van der Waals surface area contributed by atoms with Crippen LogP contribution in [0.1, 0.15) is 89.6 Å². The van der Waals surface area contributed by atoms with Crippen LogP contribution in [0.3, 0.4) is 0 Å². The van der Waals surface area contributed by atoms with E-state index in [1.54, 1.807) is 34.1 Å². The second kappa shape index (κ2) is 19.5. The lowest BCUT2D eigenvalue weighted by Gasteiger charge is -2.34. The minimum atomic E-state index is -1.07. The van der Waals surface area contributed by atoms with Crippen LogP contribution < -0.4 is 10.7 Å². The highest BCUT2D eigenvalue weighted by molar-refractivity contribution is 7.10. The number of carboxylic acids is 1. The molecule has 0 bridgehead atoms. The molecule has 5 heterocycles. The lowest BCUT2D eigenvalue weighted by atomic mass is 9.84. The number of carbonyl (C=O) groups excluding carboxylic acids is 2. The Morgan fingerprint density at radius 1 is 1.12 bits per heavy atom. The highest BCUT2D eigenvalue weighted by atomic mass is 32.1. The minimum Gasteiger partial charge on any atom is -0.480 e. The number of rotatable bonds is 16. The van der Waals surface area contributed by atoms with Crippen molar-refractivity contribution < 1.29 is 43.5 Å². The molecule has 1 aromatic carbocycles. The lowest BCUT2D eigenvalue weighted by Crippen LogP contribution is -2.60. The molecule has 2 saturated heterocycles. The zero-order valence-electron chi connectivity index (χ0n) is 35.8. The average molecular weight is 849 g/mol. The first-order valence-corrected chi connectivity index (χ1v) is 21.6. The number of methoxy groups -OCH3 is 1. The van der Waals surface area contributed by atoms with Crippen molar-refractivity contribution in [1.82, 2.24) is 30.3 Å². The number of hydrogen-bond donors (Lipinski definition) is 4. The molecule has 16 heteroatoms. The van der Waals surface area contributed by atoms with Crippen LogP contribution in [0.4, 0.5) is 4.79 Å². The third-order valence-corrected chi connectivity index (χ3v) is 11.8. The summed E-state index contributed by atoms with van der Waals surface area (Å²) in [4.78, 5) is 48.4. The Labute approximate surface area is 355 Å². The molecule has 0 radical (unpaired) electrons. The van der Waals surface area contributed by atoms with E-state index >= 15 is 0 Å². The molecule has 60 heavy (non-hydrogen) atoms. The SMILES string of the molecule is COC(C)c1ncccc1-c1c(CC(C)(C)CO)c2cc(-c3csc(CC(NC(=O)OC(C)(C)C)C(=O)N4CCC[C@@H](C(=O)O)N4)n3)ccc2n1CCOC1CCOCC1. The van der Waals surface area contributed by atoms with Gasteiger partial charge in [-0.1, -0.05) is 19.9 Å². The lowest BCUT2D eigenvalue weighted by molar-refractivity contribution is -0.147. The van der Waals surface area contributed by atoms with E-state index in [1.165, 1.54) is 16.3 Å². The Bertz CT molecular complexity index is 2120. The summed E-state index contributed by atoms with van der Waals surface area (Å²) in [7, 11) is 1.68. The average Bonchev–Trinajstić information content (AvgIpc) is 3.81. The van der Waals surface area contributed by atoms with Gasteiger partial charge in [-0.2, -0.15) is 0 Å². The summed E-state index contributed by atoms with van der Waals surface area (Å²) in [5.41, 5.74) is 7.92. The van der Waals surface area contributed by atoms with Crippen LogP contribution in [0.5, 0.6) is 0 Å². The number of hydrazine groups is 1. The number of fused-ring (bicyclic) bond motifs is 1. The Hall–Kier alpha value is -4.45. The molecule has 326 valence electrons. The molecule has 2 amide bonds. The Morgan fingerprint density at radius 3 is 2.58 bits per heavy atom. The first-order valence-electron chi connectivity index (χ1n) is 20.8. The summed E-state index contributed by atoms with van der Waals surface area (Å²) in [5.74, 6) is -1.53. The summed E-state index contributed by atoms with van der Waals surface area (Å²) in [5, 5.41) is 27.7. The monoisotopic (exact) mass is 848 g/mol. The zero-order valence-corrected chi connectivity index (χ0v) is 36.6. The van der Waals surface area contributed by atoms with Crippen molar-refractivity contribution >= 4 is 40.2 Å². The number of amides is 2. The van der Waals surface area contributed by atoms with Crippen molar-refractivity contribution in [1.29, 1.82) is 0 Å². The van der Waals surface area contributed by atoms with Gasteiger partial charge in [0.05, 0.1) is 40.9 Å². The number of aromatic nitrogens is 3. The number of pyridine rings is 1. The van der Waals surface area contributed by atoms with Gasteiger partial charge >= 0.3 is 12.1 Å². The predicted octanol–water partition coefficient (Wildman–Crippen LogP) is 6.31. The largest absolute Gasteiger partial charge is 0.480 e. The van der Waals surface area contributed by atoms with Crippen LogP contribution in [0.2, 0.25) is 0 Å². The Morgan fingerprint density at radius 2 is 1.88 bits per heavy atom. The van der Waals surface area contributed by atoms with E-state index in [1.807, 2.05) is 24.4 Å². The number of nitrogens with zero attached hydrogens (tertiary/aromatic N) is 4. The predicted molar refractivity (Wildman–Crippen MR) is 228 cm³/mol. The molecule has 0 saturated carbocycles. The van der Waals surface area contributed by atoms with Gasteiger partial charge in [0.2, 0.25) is 0 Å². The van der Waals surface area contributed by atoms with Crippen LogP contribution in [-0.2, 0) is 47.9 Å². The first-order chi connectivity index (χ1) is 28.6. The molecule has 4 N–H and O–H groups in total. The van der Waals surface area contributed by atoms with Crippen molar-refractivity contribution in [3.8, 4) is 22.5 Å². The fourth-order valence-corrected chi connectivity index (χ4v) is 8.57. The van der Waals surface area contributed by atoms with Crippen molar-refractivity contribution in [2.45, 2.75) is 117 Å². The van der Waals surface area contributed by atoms with E-state index in [9.17, 15) is 24.6 Å². The van der Waals surface area contributed by atoms with Crippen LogP contribution in [0, 0.1) is 5.41 Å². The van der Waals surface area contributed by atoms with Gasteiger partial charge in [0.25, 0.3) is 5.91 Å². The van der Waals surface area contributed by atoms with Gasteiger partial charge < -0.3 is 39.0 Å². The number of aliphatic carboxylic acids is 1. The summed E-state index contributed by atoms with van der Waals surface area (Å²) >= 11 is 1.37. The molecule has 2 fully saturated rings. The fraction of sp³-hybridized carbons (Fsp3) is 0.568. The molecule has 2 aliphatic heterocycles. The molecule has 15 nitrogen and oxygen atoms in total. The zero-order chi connectivity index (χ0) is 43.2. The van der Waals surface area contributed by atoms with E-state index in [4.69, 9.17) is 28.9 Å². The number of nitrogens with one attached hydrogen (secondary N) is 2. The van der Waals surface area contributed by atoms with Crippen molar-refractivity contribution in [2.75, 3.05) is 40.1 Å². The highest BCUT2D eigenvalue weighted by Crippen LogP contribution is 2.42. The summed E-state index contributed by atoms with van der Waals surface area (Å²) in [6.07, 6.45) is 4.10. The summed E-state index contributed by atoms with van der Waals surface area (Å²) in [6, 6.07) is 8.30. The van der Waals surface area contributed by atoms with Gasteiger partial charge in [-0.3, -0.25) is 19.6 Å². The second-order valence-electron chi connectivity index (χ2n) is 17.4. The Balaban J connectivity index is 1.39. The number of ether oxygens (including phenoxy) is 4. The van der Waals surface area contributed by atoms with Gasteiger partial charge in [0, 0.05) is 80.0 Å². The highest BCUT2D eigenvalue weighted by Gasteiger charge is 2.34. The second-order valence-corrected chi connectivity index (χ2v) is 18.3. The number of thiazole rings is 1. The molecule has 0 spiro atoms. The number of hydrogen-bond acceptors (Lipinski definition) is 12. The number of benzene rings is 1. The van der Waals surface area contributed by atoms with Gasteiger partial charge in [-0.25, -0.2) is 15.2 Å². The number of alkyl carbamates (subject to hydrolysis) is 1. The Kier molecular flexibility index (Phi) is 14.7. The molecule has 0 aliphatic carbocycles. The normalized spacial score (nSPS) is 17.7. The van der Waals surface area contributed by atoms with Gasteiger partial charge in [0.15, 0.2) is 0 Å². The smallest absolute Gasteiger partial charge is 0.408 e. The molecule has 3 aromatic heterocycles. The van der Waals surface area contributed by atoms with Crippen LogP contribution >= 0.6 is 11.3 Å². The molecule has 2 unspecified atom stereocenters. The maximum Gasteiger partial charge on any atom is 0.408 e. The van der Waals surface area contributed by atoms with E-state index in [0.717, 1.165) is 51.8 Å². The van der Waals surface area contributed by atoms with Crippen molar-refractivity contribution in [2.24, 2.45) is 5.41 Å². The summed E-state index contributed by atoms with van der Waals surface area (Å²) in [6.45, 7) is 14.0. The number of carboxylic acid groups (broad SMARTS) is 1. The van der Waals surface area contributed by atoms with E-state index in [-0.39, 0.29) is 25.2 Å². The van der Waals surface area contributed by atoms with E-state index in [2.05, 4.69) is 47.4 Å². The van der Waals surface area contributed by atoms with Gasteiger partial charge in [0.1, 0.15) is 17.7 Å². The first kappa shape index (κ1) is 45.1. The molecule has 2 aliphatic rings. The number of aliphatic hydroxyl groups is 1. The third-order valence-electron chi connectivity index (χ3n) is 10.9. The fourth-order valence-electron chi connectivity index (χ4n) is 7.72. The van der Waals surface area contributed by atoms with Crippen molar-refractivity contribution in [3.63, 3.8) is 0 Å². The standard InChI is InChI=1S/C44H60N6O9S/c1-27(56-7)38-30(10-8-16-45-38)39-32(24-44(5,6)26-51)31-22-28(12-13-36(31)49(39)18-21-58-29-14-19-57-20-15-29)35-25-60-37(46-35)23-34(47-42(55)59-43(2,3)4)40(52)50-17-9-11-33(48-50)41(53)54/h8,10,12-13,16,22,25,27,29,33-34,48,51H,9,11,14-15,17-21,23-24,26H2,1-7H3,(H,47,55)(H,53,54)/t27?,33-,34?/m0/s1. The van der Waals surface area contributed by atoms with Gasteiger partial charge in [-0.05, 0) is 95.0 Å². The molecule has 3 atom stereocenters. The van der Waals surface area contributed by atoms with Gasteiger partial charge in [-0.15, -0.1) is 11.3 Å². The number of carbonyl (C=O) groups is 3. The third kappa shape index (κ3) is 11.1. The van der Waals surface area contributed by atoms with E-state index in [0.29, 0.717) is 62.9 Å². The van der Waals surface area contributed by atoms with Crippen molar-refractivity contribution in [3.05, 3.63) is 58.2 Å². The van der Waals surface area contributed by atoms with E-state index < -0.39 is 41.1 Å². The molecular weight excluding hydrogens is 789 g/mol. The topological polar surface area (TPSA) is 187 Å². The summed E-state index contributed by atoms with van der Waals surface area (Å²) < 4.78 is 25.6. The van der Waals surface area contributed by atoms with Crippen LogP contribution in [0.15, 0.2) is 41.9 Å². The van der Waals surface area contributed by atoms with Crippen LogP contribution in [0.25, 0.3) is 33.4 Å². The molecule has 4 aromatic rings. The maximum absolute atomic E-state index is 13.9.